The number of nitrogens with two attached hydrogens (primary N) is 1. The van der Waals surface area contributed by atoms with Gasteiger partial charge in [0.2, 0.25) is 0 Å². The second kappa shape index (κ2) is 13.4. The van der Waals surface area contributed by atoms with E-state index in [1.807, 2.05) is 24.3 Å². The molecule has 0 spiro atoms. The third kappa shape index (κ3) is 7.71. The van der Waals surface area contributed by atoms with Crippen LogP contribution in [-0.4, -0.2) is 77.0 Å². The normalized spacial score (nSPS) is 17.2. The summed E-state index contributed by atoms with van der Waals surface area (Å²) in [6, 6.07) is 14.3. The van der Waals surface area contributed by atoms with Crippen molar-refractivity contribution in [3.8, 4) is 11.1 Å². The molecule has 0 saturated carbocycles. The third-order valence-corrected chi connectivity index (χ3v) is 7.42. The van der Waals surface area contributed by atoms with Crippen molar-refractivity contribution in [3.63, 3.8) is 0 Å². The van der Waals surface area contributed by atoms with Gasteiger partial charge in [0.15, 0.2) is 0 Å². The molecule has 13 heteroatoms. The maximum absolute atomic E-state index is 13.2. The van der Waals surface area contributed by atoms with E-state index in [2.05, 4.69) is 14.8 Å². The maximum Gasteiger partial charge on any atom is 0.430 e. The van der Waals surface area contributed by atoms with E-state index in [1.165, 1.54) is 0 Å². The molecule has 43 heavy (non-hydrogen) atoms. The Kier molecular flexibility index (Phi) is 10.1. The highest BCUT2D eigenvalue weighted by molar-refractivity contribution is 5.70. The predicted molar refractivity (Wildman–Crippen MR) is 146 cm³/mol. The number of benzene rings is 2. The number of ether oxygens (including phenoxy) is 1. The summed E-state index contributed by atoms with van der Waals surface area (Å²) in [5.41, 5.74) is 2.14. The Bertz CT molecular complexity index is 1320. The minimum atomic E-state index is -5.95. The molecule has 1 fully saturated rings. The highest BCUT2D eigenvalue weighted by Gasteiger charge is 2.71. The molecule has 1 unspecified atom stereocenters. The lowest BCUT2D eigenvalue weighted by atomic mass is 9.90. The SMILES string of the molecule is NCCOC(=O)CC1CN(Cc2ccncc2)CCN1Cc1ccc(-c2ccc(C(O)(C(F)(F)F)C(F)(F)F)cc2)cc1. The van der Waals surface area contributed by atoms with Gasteiger partial charge in [0.05, 0.1) is 6.42 Å². The van der Waals surface area contributed by atoms with Crippen molar-refractivity contribution in [2.75, 3.05) is 32.8 Å². The summed E-state index contributed by atoms with van der Waals surface area (Å²) in [6.07, 6.45) is -8.25. The van der Waals surface area contributed by atoms with Gasteiger partial charge in [-0.05, 0) is 34.4 Å². The van der Waals surface area contributed by atoms with E-state index in [0.717, 1.165) is 29.8 Å². The van der Waals surface area contributed by atoms with Gasteiger partial charge in [0.1, 0.15) is 6.61 Å². The Hall–Kier alpha value is -3.52. The van der Waals surface area contributed by atoms with Gasteiger partial charge < -0.3 is 15.6 Å². The number of alkyl halides is 6. The van der Waals surface area contributed by atoms with Gasteiger partial charge in [-0.25, -0.2) is 0 Å². The zero-order valence-corrected chi connectivity index (χ0v) is 23.1. The van der Waals surface area contributed by atoms with Crippen LogP contribution in [0, 0.1) is 0 Å². The first-order valence-electron chi connectivity index (χ1n) is 13.6. The Morgan fingerprint density at radius 1 is 0.860 bits per heavy atom. The number of aliphatic hydroxyl groups is 1. The lowest BCUT2D eigenvalue weighted by molar-refractivity contribution is -0.376. The molecule has 0 amide bonds. The molecule has 4 rings (SSSR count). The van der Waals surface area contributed by atoms with Gasteiger partial charge in [-0.1, -0.05) is 48.5 Å². The quantitative estimate of drug-likeness (QED) is 0.255. The molecule has 232 valence electrons. The second-order valence-corrected chi connectivity index (χ2v) is 10.4. The van der Waals surface area contributed by atoms with E-state index >= 15 is 0 Å². The van der Waals surface area contributed by atoms with Gasteiger partial charge in [0.25, 0.3) is 5.60 Å². The van der Waals surface area contributed by atoms with Crippen molar-refractivity contribution in [1.29, 1.82) is 0 Å². The number of nitrogens with zero attached hydrogens (tertiary/aromatic N) is 3. The van der Waals surface area contributed by atoms with E-state index < -0.39 is 23.5 Å². The highest BCUT2D eigenvalue weighted by Crippen LogP contribution is 2.50. The molecule has 1 atom stereocenters. The molecule has 3 aromatic rings. The van der Waals surface area contributed by atoms with Crippen LogP contribution in [0.3, 0.4) is 0 Å². The average molecular weight is 611 g/mol. The number of halogens is 6. The number of hydrogen-bond acceptors (Lipinski definition) is 7. The van der Waals surface area contributed by atoms with Gasteiger partial charge in [-0.3, -0.25) is 19.6 Å². The number of carbonyl (C=O) groups is 1. The van der Waals surface area contributed by atoms with Crippen LogP contribution < -0.4 is 5.73 Å². The minimum absolute atomic E-state index is 0.130. The van der Waals surface area contributed by atoms with Crippen molar-refractivity contribution >= 4 is 5.97 Å². The molecule has 0 bridgehead atoms. The fraction of sp³-hybridized carbons (Fsp3) is 0.400. The molecule has 0 aliphatic carbocycles. The van der Waals surface area contributed by atoms with Gasteiger partial charge in [-0.2, -0.15) is 26.3 Å². The molecular weight excluding hydrogens is 578 g/mol. The number of rotatable bonds is 10. The standard InChI is InChI=1S/C30H32F6N4O3/c31-29(32,33)28(42,30(34,35)36)25-7-5-24(6-8-25)23-3-1-21(2-4-23)19-40-15-14-39(18-22-9-12-38-13-10-22)20-26(40)17-27(41)43-16-11-37/h1-10,12-13,26,42H,11,14-20,37H2. The van der Waals surface area contributed by atoms with Crippen molar-refractivity contribution in [3.05, 3.63) is 89.7 Å². The molecule has 1 aliphatic rings. The van der Waals surface area contributed by atoms with Crippen molar-refractivity contribution in [2.24, 2.45) is 5.73 Å². The van der Waals surface area contributed by atoms with E-state index in [0.29, 0.717) is 49.4 Å². The monoisotopic (exact) mass is 610 g/mol. The number of piperazine rings is 1. The van der Waals surface area contributed by atoms with Gasteiger partial charge >= 0.3 is 18.3 Å². The minimum Gasteiger partial charge on any atom is -0.464 e. The summed E-state index contributed by atoms with van der Waals surface area (Å²) in [4.78, 5) is 21.0. The molecular formula is C30H32F6N4O3. The molecule has 2 heterocycles. The first kappa shape index (κ1) is 32.4. The Morgan fingerprint density at radius 2 is 1.42 bits per heavy atom. The number of hydrogen-bond donors (Lipinski definition) is 2. The molecule has 3 N–H and O–H groups in total. The summed E-state index contributed by atoms with van der Waals surface area (Å²) < 4.78 is 84.5. The molecule has 0 radical (unpaired) electrons. The molecule has 1 saturated heterocycles. The topological polar surface area (TPSA) is 91.9 Å². The predicted octanol–water partition coefficient (Wildman–Crippen LogP) is 4.64. The first-order chi connectivity index (χ1) is 20.3. The fourth-order valence-corrected chi connectivity index (χ4v) is 5.10. The molecule has 7 nitrogen and oxygen atoms in total. The van der Waals surface area contributed by atoms with Crippen LogP contribution in [0.25, 0.3) is 11.1 Å². The lowest BCUT2D eigenvalue weighted by Crippen LogP contribution is -2.53. The molecule has 2 aromatic carbocycles. The lowest BCUT2D eigenvalue weighted by Gasteiger charge is -2.41. The molecule has 1 aliphatic heterocycles. The number of pyridine rings is 1. The summed E-state index contributed by atoms with van der Waals surface area (Å²) in [7, 11) is 0. The first-order valence-corrected chi connectivity index (χ1v) is 13.6. The van der Waals surface area contributed by atoms with Crippen LogP contribution in [0.1, 0.15) is 23.1 Å². The number of aromatic nitrogens is 1. The summed E-state index contributed by atoms with van der Waals surface area (Å²) >= 11 is 0. The van der Waals surface area contributed by atoms with E-state index in [9.17, 15) is 36.2 Å². The van der Waals surface area contributed by atoms with Gasteiger partial charge in [0, 0.05) is 63.3 Å². The Labute approximate surface area is 244 Å². The van der Waals surface area contributed by atoms with E-state index in [4.69, 9.17) is 10.5 Å². The average Bonchev–Trinajstić information content (AvgIpc) is 2.97. The zero-order chi connectivity index (χ0) is 31.3. The van der Waals surface area contributed by atoms with E-state index in [-0.39, 0.29) is 31.6 Å². The van der Waals surface area contributed by atoms with Crippen LogP contribution >= 0.6 is 0 Å². The van der Waals surface area contributed by atoms with Crippen molar-refractivity contribution in [2.45, 2.75) is 43.5 Å². The number of carbonyl (C=O) groups excluding carboxylic acids is 1. The maximum atomic E-state index is 13.2. The smallest absolute Gasteiger partial charge is 0.430 e. The second-order valence-electron chi connectivity index (χ2n) is 10.4. The van der Waals surface area contributed by atoms with E-state index in [1.54, 1.807) is 24.5 Å². The van der Waals surface area contributed by atoms with Crippen LogP contribution in [0.15, 0.2) is 73.1 Å². The Morgan fingerprint density at radius 3 is 1.98 bits per heavy atom. The summed E-state index contributed by atoms with van der Waals surface area (Å²) in [5, 5.41) is 9.62. The van der Waals surface area contributed by atoms with Crippen molar-refractivity contribution < 1.29 is 41.0 Å². The summed E-state index contributed by atoms with van der Waals surface area (Å²) in [6.45, 7) is 3.68. The highest BCUT2D eigenvalue weighted by atomic mass is 19.4. The van der Waals surface area contributed by atoms with Gasteiger partial charge in [-0.15, -0.1) is 0 Å². The number of esters is 1. The Balaban J connectivity index is 1.46. The van der Waals surface area contributed by atoms with Crippen LogP contribution in [0.5, 0.6) is 0 Å². The van der Waals surface area contributed by atoms with Crippen LogP contribution in [-0.2, 0) is 28.2 Å². The third-order valence-electron chi connectivity index (χ3n) is 7.42. The van der Waals surface area contributed by atoms with Crippen LogP contribution in [0.4, 0.5) is 26.3 Å². The zero-order valence-electron chi connectivity index (χ0n) is 23.1. The van der Waals surface area contributed by atoms with Crippen LogP contribution in [0.2, 0.25) is 0 Å². The largest absolute Gasteiger partial charge is 0.464 e. The summed E-state index contributed by atoms with van der Waals surface area (Å²) in [5.74, 6) is -0.340. The molecule has 1 aromatic heterocycles. The van der Waals surface area contributed by atoms with Crippen molar-refractivity contribution in [1.82, 2.24) is 14.8 Å². The fourth-order valence-electron chi connectivity index (χ4n) is 5.10.